The van der Waals surface area contributed by atoms with Gasteiger partial charge in [0.2, 0.25) is 10.0 Å². The minimum absolute atomic E-state index is 0.0331. The Morgan fingerprint density at radius 2 is 1.92 bits per heavy atom. The Morgan fingerprint density at radius 3 is 2.60 bits per heavy atom. The van der Waals surface area contributed by atoms with Crippen LogP contribution in [-0.2, 0) is 23.0 Å². The number of hydrogen-bond donors (Lipinski definition) is 1. The average molecular weight is 365 g/mol. The topological polar surface area (TPSA) is 102 Å². The van der Waals surface area contributed by atoms with E-state index < -0.39 is 10.0 Å². The van der Waals surface area contributed by atoms with Crippen molar-refractivity contribution in [3.05, 3.63) is 45.6 Å². The second-order valence-corrected chi connectivity index (χ2v) is 7.62. The van der Waals surface area contributed by atoms with Gasteiger partial charge >= 0.3 is 0 Å². The van der Waals surface area contributed by atoms with Crippen LogP contribution in [-0.4, -0.2) is 43.5 Å². The molecule has 0 spiro atoms. The fourth-order valence-corrected chi connectivity index (χ4v) is 4.46. The Kier molecular flexibility index (Phi) is 4.53. The molecule has 0 amide bonds. The molecular formula is C16H19N3O5S. The molecule has 1 aliphatic heterocycles. The summed E-state index contributed by atoms with van der Waals surface area (Å²) in [5.74, 6) is 0.717. The van der Waals surface area contributed by atoms with Crippen LogP contribution in [0.1, 0.15) is 16.8 Å². The minimum Gasteiger partial charge on any atom is -0.496 e. The summed E-state index contributed by atoms with van der Waals surface area (Å²) in [5.41, 5.74) is 1.55. The number of aromatic nitrogens is 2. The Morgan fingerprint density at radius 1 is 1.20 bits per heavy atom. The first-order valence-electron chi connectivity index (χ1n) is 7.66. The molecule has 0 atom stereocenters. The Hall–Kier alpha value is -2.39. The summed E-state index contributed by atoms with van der Waals surface area (Å²) in [6, 6.07) is 3.09. The van der Waals surface area contributed by atoms with Crippen molar-refractivity contribution in [2.24, 2.45) is 0 Å². The molecule has 1 aromatic heterocycles. The van der Waals surface area contributed by atoms with Crippen LogP contribution in [0.4, 0.5) is 0 Å². The summed E-state index contributed by atoms with van der Waals surface area (Å²) in [5, 5.41) is 0. The molecule has 2 aromatic rings. The predicted molar refractivity (Wildman–Crippen MR) is 90.4 cm³/mol. The molecule has 0 bridgehead atoms. The van der Waals surface area contributed by atoms with Crippen molar-refractivity contribution in [1.29, 1.82) is 0 Å². The second kappa shape index (κ2) is 6.49. The summed E-state index contributed by atoms with van der Waals surface area (Å²) < 4.78 is 38.0. The van der Waals surface area contributed by atoms with Gasteiger partial charge in [-0.2, -0.15) is 4.31 Å². The highest BCUT2D eigenvalue weighted by Crippen LogP contribution is 2.34. The van der Waals surface area contributed by atoms with E-state index in [4.69, 9.17) is 9.47 Å². The zero-order chi connectivity index (χ0) is 18.2. The molecule has 1 aliphatic rings. The number of hydrogen-bond acceptors (Lipinski definition) is 6. The molecule has 1 N–H and O–H groups in total. The van der Waals surface area contributed by atoms with Gasteiger partial charge in [-0.1, -0.05) is 0 Å². The first-order valence-corrected chi connectivity index (χ1v) is 9.10. The van der Waals surface area contributed by atoms with E-state index in [1.54, 1.807) is 6.07 Å². The number of rotatable bonds is 4. The SMILES string of the molecule is COc1cc(S(=O)(=O)N2CCc3c(nc[nH]c3=O)C2)c(OC)cc1C. The van der Waals surface area contributed by atoms with E-state index in [0.29, 0.717) is 23.4 Å². The zero-order valence-electron chi connectivity index (χ0n) is 14.2. The van der Waals surface area contributed by atoms with Gasteiger partial charge in [-0.3, -0.25) is 4.79 Å². The van der Waals surface area contributed by atoms with Crippen LogP contribution in [0.2, 0.25) is 0 Å². The van der Waals surface area contributed by atoms with E-state index in [2.05, 4.69) is 9.97 Å². The van der Waals surface area contributed by atoms with Crippen molar-refractivity contribution in [3.8, 4) is 11.5 Å². The number of H-pyrrole nitrogens is 1. The van der Waals surface area contributed by atoms with Gasteiger partial charge in [0, 0.05) is 18.2 Å². The molecule has 1 aromatic carbocycles. The van der Waals surface area contributed by atoms with Crippen molar-refractivity contribution >= 4 is 10.0 Å². The third kappa shape index (κ3) is 3.00. The highest BCUT2D eigenvalue weighted by atomic mass is 32.2. The highest BCUT2D eigenvalue weighted by molar-refractivity contribution is 7.89. The van der Waals surface area contributed by atoms with Gasteiger partial charge in [0.05, 0.1) is 32.8 Å². The number of sulfonamides is 1. The molecule has 0 radical (unpaired) electrons. The summed E-state index contributed by atoms with van der Waals surface area (Å²) >= 11 is 0. The fraction of sp³-hybridized carbons (Fsp3) is 0.375. The number of aryl methyl sites for hydroxylation is 1. The summed E-state index contributed by atoms with van der Waals surface area (Å²) in [7, 11) is -0.925. The van der Waals surface area contributed by atoms with Crippen molar-refractivity contribution in [2.75, 3.05) is 20.8 Å². The number of aromatic amines is 1. The fourth-order valence-electron chi connectivity index (χ4n) is 2.91. The third-order valence-corrected chi connectivity index (χ3v) is 6.14. The third-order valence-electron chi connectivity index (χ3n) is 4.27. The number of methoxy groups -OCH3 is 2. The Balaban J connectivity index is 2.05. The van der Waals surface area contributed by atoms with Crippen LogP contribution in [0.3, 0.4) is 0 Å². The zero-order valence-corrected chi connectivity index (χ0v) is 15.0. The number of nitrogens with one attached hydrogen (secondary N) is 1. The van der Waals surface area contributed by atoms with Crippen LogP contribution in [0.15, 0.2) is 28.2 Å². The molecule has 134 valence electrons. The first-order chi connectivity index (χ1) is 11.9. The lowest BCUT2D eigenvalue weighted by Gasteiger charge is -2.27. The van der Waals surface area contributed by atoms with Crippen molar-refractivity contribution < 1.29 is 17.9 Å². The highest BCUT2D eigenvalue weighted by Gasteiger charge is 2.32. The second-order valence-electron chi connectivity index (χ2n) is 5.72. The Bertz CT molecular complexity index is 968. The molecular weight excluding hydrogens is 346 g/mol. The average Bonchev–Trinajstić information content (AvgIpc) is 2.61. The van der Waals surface area contributed by atoms with E-state index in [1.807, 2.05) is 6.92 Å². The molecule has 2 heterocycles. The maximum atomic E-state index is 13.1. The van der Waals surface area contributed by atoms with Crippen molar-refractivity contribution in [2.45, 2.75) is 24.8 Å². The van der Waals surface area contributed by atoms with E-state index in [-0.39, 0.29) is 29.3 Å². The normalized spacial score (nSPS) is 14.8. The number of benzene rings is 1. The summed E-state index contributed by atoms with van der Waals surface area (Å²) in [6.07, 6.45) is 1.59. The van der Waals surface area contributed by atoms with Gasteiger partial charge in [-0.25, -0.2) is 13.4 Å². The van der Waals surface area contributed by atoms with Crippen molar-refractivity contribution in [1.82, 2.24) is 14.3 Å². The molecule has 0 saturated heterocycles. The molecule has 3 rings (SSSR count). The van der Waals surface area contributed by atoms with Gasteiger partial charge in [-0.05, 0) is 25.0 Å². The van der Waals surface area contributed by atoms with E-state index in [0.717, 1.165) is 5.56 Å². The molecule has 0 fully saturated rings. The maximum Gasteiger partial charge on any atom is 0.254 e. The predicted octanol–water partition coefficient (Wildman–Crippen LogP) is 0.843. The molecule has 0 unspecified atom stereocenters. The summed E-state index contributed by atoms with van der Waals surface area (Å²) in [6.45, 7) is 2.05. The molecule has 0 aliphatic carbocycles. The smallest absolute Gasteiger partial charge is 0.254 e. The number of fused-ring (bicyclic) bond motifs is 1. The van der Waals surface area contributed by atoms with Crippen LogP contribution in [0.25, 0.3) is 0 Å². The van der Waals surface area contributed by atoms with Gasteiger partial charge < -0.3 is 14.5 Å². The number of ether oxygens (including phenoxy) is 2. The Labute approximate surface area is 145 Å². The van der Waals surface area contributed by atoms with E-state index >= 15 is 0 Å². The molecule has 0 saturated carbocycles. The molecule has 9 heteroatoms. The van der Waals surface area contributed by atoms with Gasteiger partial charge in [0.25, 0.3) is 5.56 Å². The molecule has 8 nitrogen and oxygen atoms in total. The van der Waals surface area contributed by atoms with Gasteiger partial charge in [0.15, 0.2) is 0 Å². The lowest BCUT2D eigenvalue weighted by Crippen LogP contribution is -2.39. The maximum absolute atomic E-state index is 13.1. The largest absolute Gasteiger partial charge is 0.496 e. The van der Waals surface area contributed by atoms with Crippen LogP contribution in [0.5, 0.6) is 11.5 Å². The molecule has 25 heavy (non-hydrogen) atoms. The standard InChI is InChI=1S/C16H19N3O5S/c1-10-6-14(24-3)15(7-13(10)23-2)25(21,22)19-5-4-11-12(8-19)17-9-18-16(11)20/h6-7,9H,4-5,8H2,1-3H3,(H,17,18,20). The van der Waals surface area contributed by atoms with Crippen LogP contribution >= 0.6 is 0 Å². The van der Waals surface area contributed by atoms with Gasteiger partial charge in [0.1, 0.15) is 16.4 Å². The van der Waals surface area contributed by atoms with E-state index in [1.165, 1.54) is 30.9 Å². The summed E-state index contributed by atoms with van der Waals surface area (Å²) in [4.78, 5) is 18.5. The first kappa shape index (κ1) is 17.4. The van der Waals surface area contributed by atoms with Gasteiger partial charge in [-0.15, -0.1) is 0 Å². The quantitative estimate of drug-likeness (QED) is 0.862. The lowest BCUT2D eigenvalue weighted by atomic mass is 10.1. The number of nitrogens with zero attached hydrogens (tertiary/aromatic N) is 2. The minimum atomic E-state index is -3.83. The van der Waals surface area contributed by atoms with Crippen LogP contribution in [0, 0.1) is 6.92 Å². The lowest BCUT2D eigenvalue weighted by molar-refractivity contribution is 0.368. The van der Waals surface area contributed by atoms with E-state index in [9.17, 15) is 13.2 Å². The monoisotopic (exact) mass is 365 g/mol. The van der Waals surface area contributed by atoms with Crippen molar-refractivity contribution in [3.63, 3.8) is 0 Å². The van der Waals surface area contributed by atoms with Crippen LogP contribution < -0.4 is 15.0 Å².